The number of hydrogen-bond donors (Lipinski definition) is 1. The summed E-state index contributed by atoms with van der Waals surface area (Å²) in [5.41, 5.74) is 8.22. The van der Waals surface area contributed by atoms with Crippen molar-refractivity contribution in [3.8, 4) is 11.3 Å². The molecule has 1 heterocycles. The molecule has 3 aromatic rings. The van der Waals surface area contributed by atoms with Crippen LogP contribution >= 0.6 is 11.6 Å². The van der Waals surface area contributed by atoms with Gasteiger partial charge >= 0.3 is 51.4 Å². The first-order valence-electron chi connectivity index (χ1n) is 6.22. The van der Waals surface area contributed by atoms with Gasteiger partial charge in [-0.25, -0.2) is 4.98 Å². The van der Waals surface area contributed by atoms with Crippen LogP contribution in [-0.4, -0.2) is 11.0 Å². The molecular weight excluding hydrogens is 327 g/mol. The average Bonchev–Trinajstić information content (AvgIpc) is 2.46. The molecule has 0 saturated heterocycles. The zero-order chi connectivity index (χ0) is 15.0. The Labute approximate surface area is 174 Å². The molecule has 0 radical (unpaired) electrons. The number of anilines is 1. The molecule has 2 aromatic carbocycles. The number of fused-ring (bicyclic) bond motifs is 1. The molecule has 0 saturated carbocycles. The monoisotopic (exact) mass is 336 g/mol. The molecule has 0 aliphatic carbocycles. The molecule has 6 heteroatoms. The van der Waals surface area contributed by atoms with E-state index in [1.54, 1.807) is 42.5 Å². The molecule has 0 aliphatic rings. The van der Waals surface area contributed by atoms with E-state index in [1.807, 2.05) is 0 Å². The Balaban J connectivity index is 0.00000176. The summed E-state index contributed by atoms with van der Waals surface area (Å²) in [7, 11) is 0. The number of aromatic carboxylic acids is 1. The first-order valence-corrected chi connectivity index (χ1v) is 6.60. The SMILES string of the molecule is Nc1ccc(-c2cc(C(=O)[O-])c3cc(Cl)ccc3n2)cc1.[K+]. The van der Waals surface area contributed by atoms with Crippen molar-refractivity contribution < 1.29 is 61.3 Å². The number of carbonyl (C=O) groups is 1. The quantitative estimate of drug-likeness (QED) is 0.506. The second kappa shape index (κ2) is 7.08. The van der Waals surface area contributed by atoms with E-state index in [0.717, 1.165) is 5.56 Å². The summed E-state index contributed by atoms with van der Waals surface area (Å²) in [5, 5.41) is 12.3. The number of aromatic nitrogens is 1. The number of carbonyl (C=O) groups excluding carboxylic acids is 1. The molecule has 0 amide bonds. The number of pyridine rings is 1. The minimum atomic E-state index is -1.26. The number of carboxylic acid groups (broad SMARTS) is 1. The number of nitrogen functional groups attached to an aromatic ring is 1. The Morgan fingerprint density at radius 1 is 1.09 bits per heavy atom. The van der Waals surface area contributed by atoms with Crippen LogP contribution < -0.4 is 62.2 Å². The van der Waals surface area contributed by atoms with Crippen molar-refractivity contribution in [1.82, 2.24) is 4.98 Å². The van der Waals surface area contributed by atoms with Gasteiger partial charge in [0.2, 0.25) is 0 Å². The Kier molecular flexibility index (Phi) is 5.60. The van der Waals surface area contributed by atoms with Gasteiger partial charge in [-0.3, -0.25) is 0 Å². The number of halogens is 1. The van der Waals surface area contributed by atoms with E-state index in [1.165, 1.54) is 6.07 Å². The van der Waals surface area contributed by atoms with Gasteiger partial charge in [0.25, 0.3) is 0 Å². The van der Waals surface area contributed by atoms with Gasteiger partial charge in [0.05, 0.1) is 17.2 Å². The Bertz CT molecular complexity index is 851. The summed E-state index contributed by atoms with van der Waals surface area (Å²) in [6.07, 6.45) is 0. The Morgan fingerprint density at radius 2 is 1.77 bits per heavy atom. The molecule has 104 valence electrons. The topological polar surface area (TPSA) is 79.0 Å². The summed E-state index contributed by atoms with van der Waals surface area (Å²) in [6, 6.07) is 13.5. The smallest absolute Gasteiger partial charge is 0.545 e. The summed E-state index contributed by atoms with van der Waals surface area (Å²) < 4.78 is 0. The minimum Gasteiger partial charge on any atom is -0.545 e. The summed E-state index contributed by atoms with van der Waals surface area (Å²) in [5.74, 6) is -1.26. The second-order valence-corrected chi connectivity index (χ2v) is 5.06. The van der Waals surface area contributed by atoms with Crippen LogP contribution in [0.4, 0.5) is 5.69 Å². The van der Waals surface area contributed by atoms with E-state index in [9.17, 15) is 9.90 Å². The third-order valence-corrected chi connectivity index (χ3v) is 3.43. The molecule has 0 bridgehead atoms. The van der Waals surface area contributed by atoms with Crippen LogP contribution in [-0.2, 0) is 0 Å². The van der Waals surface area contributed by atoms with Gasteiger partial charge in [-0.1, -0.05) is 23.7 Å². The van der Waals surface area contributed by atoms with E-state index in [-0.39, 0.29) is 56.9 Å². The van der Waals surface area contributed by atoms with Crippen molar-refractivity contribution in [1.29, 1.82) is 0 Å². The van der Waals surface area contributed by atoms with Crippen molar-refractivity contribution in [2.75, 3.05) is 5.73 Å². The third-order valence-electron chi connectivity index (χ3n) is 3.20. The van der Waals surface area contributed by atoms with E-state index < -0.39 is 5.97 Å². The van der Waals surface area contributed by atoms with E-state index in [4.69, 9.17) is 17.3 Å². The molecule has 3 rings (SSSR count). The van der Waals surface area contributed by atoms with Gasteiger partial charge in [0.15, 0.2) is 0 Å². The van der Waals surface area contributed by atoms with E-state index in [2.05, 4.69) is 4.98 Å². The molecule has 22 heavy (non-hydrogen) atoms. The number of hydrogen-bond acceptors (Lipinski definition) is 4. The summed E-state index contributed by atoms with van der Waals surface area (Å²) in [6.45, 7) is 0. The van der Waals surface area contributed by atoms with Crippen molar-refractivity contribution in [2.24, 2.45) is 0 Å². The van der Waals surface area contributed by atoms with Crippen LogP contribution in [0.3, 0.4) is 0 Å². The maximum atomic E-state index is 11.4. The molecule has 0 aliphatic heterocycles. The normalized spacial score (nSPS) is 10.2. The first-order chi connectivity index (χ1) is 10.0. The van der Waals surface area contributed by atoms with Crippen molar-refractivity contribution in [3.05, 3.63) is 59.1 Å². The summed E-state index contributed by atoms with van der Waals surface area (Å²) >= 11 is 5.91. The molecule has 0 fully saturated rings. The zero-order valence-corrected chi connectivity index (χ0v) is 15.7. The minimum absolute atomic E-state index is 0. The molecule has 4 nitrogen and oxygen atoms in total. The fraction of sp³-hybridized carbons (Fsp3) is 0. The predicted molar refractivity (Wildman–Crippen MR) is 80.9 cm³/mol. The van der Waals surface area contributed by atoms with Gasteiger partial charge in [-0.15, -0.1) is 0 Å². The van der Waals surface area contributed by atoms with Crippen LogP contribution in [0.1, 0.15) is 10.4 Å². The van der Waals surface area contributed by atoms with Crippen LogP contribution in [0, 0.1) is 0 Å². The maximum Gasteiger partial charge on any atom is 1.00 e. The number of rotatable bonds is 2. The van der Waals surface area contributed by atoms with Gasteiger partial charge in [0.1, 0.15) is 0 Å². The molecule has 0 spiro atoms. The average molecular weight is 337 g/mol. The fourth-order valence-electron chi connectivity index (χ4n) is 2.17. The number of nitrogens with zero attached hydrogens (tertiary/aromatic N) is 1. The van der Waals surface area contributed by atoms with Gasteiger partial charge in [0, 0.05) is 27.2 Å². The molecule has 0 atom stereocenters. The fourth-order valence-corrected chi connectivity index (χ4v) is 2.34. The van der Waals surface area contributed by atoms with Crippen molar-refractivity contribution in [2.45, 2.75) is 0 Å². The summed E-state index contributed by atoms with van der Waals surface area (Å²) in [4.78, 5) is 15.8. The van der Waals surface area contributed by atoms with Gasteiger partial charge in [-0.2, -0.15) is 0 Å². The van der Waals surface area contributed by atoms with Crippen LogP contribution in [0.15, 0.2) is 48.5 Å². The Morgan fingerprint density at radius 3 is 2.41 bits per heavy atom. The van der Waals surface area contributed by atoms with Crippen molar-refractivity contribution in [3.63, 3.8) is 0 Å². The molecule has 0 unspecified atom stereocenters. The number of nitrogens with two attached hydrogens (primary N) is 1. The van der Waals surface area contributed by atoms with Crippen molar-refractivity contribution >= 4 is 34.2 Å². The predicted octanol–water partition coefficient (Wildman–Crippen LogP) is -0.495. The standard InChI is InChI=1S/C16H11ClN2O2.K/c17-10-3-6-14-12(7-10)13(16(20)21)8-15(19-14)9-1-4-11(18)5-2-9;/h1-8H,18H2,(H,20,21);/q;+1/p-1. The maximum absolute atomic E-state index is 11.4. The van der Waals surface area contributed by atoms with Crippen LogP contribution in [0.2, 0.25) is 5.02 Å². The van der Waals surface area contributed by atoms with E-state index >= 15 is 0 Å². The van der Waals surface area contributed by atoms with Crippen LogP contribution in [0.5, 0.6) is 0 Å². The first kappa shape index (κ1) is 17.4. The zero-order valence-electron chi connectivity index (χ0n) is 11.8. The number of benzene rings is 2. The van der Waals surface area contributed by atoms with Gasteiger partial charge < -0.3 is 15.6 Å². The largest absolute Gasteiger partial charge is 1.00 e. The van der Waals surface area contributed by atoms with Gasteiger partial charge in [-0.05, 0) is 36.4 Å². The molecule has 2 N–H and O–H groups in total. The molecular formula is C16H10ClKN2O2. The number of carboxylic acids is 1. The third kappa shape index (κ3) is 3.51. The van der Waals surface area contributed by atoms with Crippen LogP contribution in [0.25, 0.3) is 22.2 Å². The Hall–Kier alpha value is -0.954. The second-order valence-electron chi connectivity index (χ2n) is 4.63. The van der Waals surface area contributed by atoms with E-state index in [0.29, 0.717) is 27.3 Å². The molecule has 1 aromatic heterocycles.